The predicted octanol–water partition coefficient (Wildman–Crippen LogP) is 2.68. The fourth-order valence-electron chi connectivity index (χ4n) is 2.30. The third-order valence-corrected chi connectivity index (χ3v) is 3.48. The van der Waals surface area contributed by atoms with E-state index in [1.54, 1.807) is 0 Å². The summed E-state index contributed by atoms with van der Waals surface area (Å²) in [6, 6.07) is 8.82. The van der Waals surface area contributed by atoms with Crippen molar-refractivity contribution in [2.24, 2.45) is 11.7 Å². The highest BCUT2D eigenvalue weighted by molar-refractivity contribution is 5.25. The number of nitrogens with two attached hydrogens (primary N) is 1. The standard InChI is InChI=1S/C14H21NO/c1-2-11-5-7-12(8-6-11)14(15)13-4-3-9-16-10-13/h5-8,13-14H,2-4,9-10,15H2,1H3. The molecule has 1 fully saturated rings. The molecule has 0 radical (unpaired) electrons. The minimum absolute atomic E-state index is 0.131. The Kier molecular flexibility index (Phi) is 3.97. The minimum Gasteiger partial charge on any atom is -0.381 e. The summed E-state index contributed by atoms with van der Waals surface area (Å²) in [5.41, 5.74) is 8.90. The Morgan fingerprint density at radius 1 is 1.38 bits per heavy atom. The van der Waals surface area contributed by atoms with Crippen LogP contribution < -0.4 is 5.73 Å². The van der Waals surface area contributed by atoms with Crippen molar-refractivity contribution in [1.82, 2.24) is 0 Å². The molecular weight excluding hydrogens is 198 g/mol. The summed E-state index contributed by atoms with van der Waals surface area (Å²) in [7, 11) is 0. The van der Waals surface area contributed by atoms with E-state index in [1.807, 2.05) is 0 Å². The van der Waals surface area contributed by atoms with Crippen LogP contribution in [-0.4, -0.2) is 13.2 Å². The van der Waals surface area contributed by atoms with Crippen LogP contribution in [0, 0.1) is 5.92 Å². The second-order valence-corrected chi connectivity index (χ2v) is 4.60. The van der Waals surface area contributed by atoms with Crippen molar-refractivity contribution in [2.45, 2.75) is 32.2 Å². The van der Waals surface area contributed by atoms with Crippen LogP contribution >= 0.6 is 0 Å². The third kappa shape index (κ3) is 2.63. The molecule has 0 bridgehead atoms. The molecule has 1 aromatic carbocycles. The molecule has 2 rings (SSSR count). The molecule has 1 aliphatic rings. The Bertz CT molecular complexity index is 314. The average Bonchev–Trinajstić information content (AvgIpc) is 2.39. The fourth-order valence-corrected chi connectivity index (χ4v) is 2.30. The first-order valence-electron chi connectivity index (χ1n) is 6.23. The lowest BCUT2D eigenvalue weighted by Crippen LogP contribution is -2.28. The summed E-state index contributed by atoms with van der Waals surface area (Å²) < 4.78 is 5.49. The van der Waals surface area contributed by atoms with Gasteiger partial charge in [0, 0.05) is 18.6 Å². The number of aryl methyl sites for hydroxylation is 1. The molecule has 0 aromatic heterocycles. The molecule has 1 aromatic rings. The van der Waals surface area contributed by atoms with Crippen molar-refractivity contribution in [1.29, 1.82) is 0 Å². The van der Waals surface area contributed by atoms with Gasteiger partial charge < -0.3 is 10.5 Å². The lowest BCUT2D eigenvalue weighted by molar-refractivity contribution is 0.0448. The SMILES string of the molecule is CCc1ccc(C(N)C2CCCOC2)cc1. The van der Waals surface area contributed by atoms with Crippen LogP contribution in [0.3, 0.4) is 0 Å². The van der Waals surface area contributed by atoms with Crippen molar-refractivity contribution < 1.29 is 4.74 Å². The molecule has 0 saturated carbocycles. The topological polar surface area (TPSA) is 35.2 Å². The number of benzene rings is 1. The normalized spacial score (nSPS) is 23.0. The molecule has 2 N–H and O–H groups in total. The molecule has 2 unspecified atom stereocenters. The summed E-state index contributed by atoms with van der Waals surface area (Å²) in [5, 5.41) is 0. The van der Waals surface area contributed by atoms with E-state index < -0.39 is 0 Å². The summed E-state index contributed by atoms with van der Waals surface area (Å²) in [5.74, 6) is 0.487. The lowest BCUT2D eigenvalue weighted by Gasteiger charge is -2.27. The fraction of sp³-hybridized carbons (Fsp3) is 0.571. The highest BCUT2D eigenvalue weighted by Gasteiger charge is 2.22. The molecule has 0 aliphatic carbocycles. The molecule has 0 amide bonds. The molecule has 2 nitrogen and oxygen atoms in total. The largest absolute Gasteiger partial charge is 0.381 e. The average molecular weight is 219 g/mol. The molecule has 1 aliphatic heterocycles. The van der Waals surface area contributed by atoms with Crippen LogP contribution in [0.5, 0.6) is 0 Å². The van der Waals surface area contributed by atoms with Crippen LogP contribution in [0.25, 0.3) is 0 Å². The quantitative estimate of drug-likeness (QED) is 0.848. The highest BCUT2D eigenvalue weighted by atomic mass is 16.5. The van der Waals surface area contributed by atoms with E-state index in [-0.39, 0.29) is 6.04 Å². The van der Waals surface area contributed by atoms with Gasteiger partial charge in [0.2, 0.25) is 0 Å². The van der Waals surface area contributed by atoms with E-state index in [0.717, 1.165) is 26.1 Å². The zero-order valence-corrected chi connectivity index (χ0v) is 9.99. The number of hydrogen-bond acceptors (Lipinski definition) is 2. The Hall–Kier alpha value is -0.860. The molecule has 88 valence electrons. The van der Waals surface area contributed by atoms with E-state index in [2.05, 4.69) is 31.2 Å². The zero-order chi connectivity index (χ0) is 11.4. The van der Waals surface area contributed by atoms with Gasteiger partial charge in [-0.25, -0.2) is 0 Å². The molecule has 2 heteroatoms. The van der Waals surface area contributed by atoms with Gasteiger partial charge >= 0.3 is 0 Å². The van der Waals surface area contributed by atoms with E-state index in [4.69, 9.17) is 10.5 Å². The van der Waals surface area contributed by atoms with Gasteiger partial charge in [0.1, 0.15) is 0 Å². The lowest BCUT2D eigenvalue weighted by atomic mass is 9.89. The van der Waals surface area contributed by atoms with Crippen LogP contribution in [0.4, 0.5) is 0 Å². The summed E-state index contributed by atoms with van der Waals surface area (Å²) in [4.78, 5) is 0. The van der Waals surface area contributed by atoms with E-state index in [1.165, 1.54) is 17.5 Å². The van der Waals surface area contributed by atoms with Gasteiger partial charge in [-0.05, 0) is 30.4 Å². The van der Waals surface area contributed by atoms with Crippen LogP contribution in [0.1, 0.15) is 36.9 Å². The monoisotopic (exact) mass is 219 g/mol. The minimum atomic E-state index is 0.131. The number of hydrogen-bond donors (Lipinski definition) is 1. The Morgan fingerprint density at radius 3 is 2.69 bits per heavy atom. The summed E-state index contributed by atoms with van der Waals surface area (Å²) in [6.07, 6.45) is 3.42. The van der Waals surface area contributed by atoms with Crippen molar-refractivity contribution in [3.63, 3.8) is 0 Å². The van der Waals surface area contributed by atoms with Gasteiger partial charge in [0.15, 0.2) is 0 Å². The zero-order valence-electron chi connectivity index (χ0n) is 9.99. The first-order valence-corrected chi connectivity index (χ1v) is 6.23. The van der Waals surface area contributed by atoms with Gasteiger partial charge in [0.05, 0.1) is 6.61 Å². The van der Waals surface area contributed by atoms with E-state index >= 15 is 0 Å². The maximum Gasteiger partial charge on any atom is 0.0512 e. The second kappa shape index (κ2) is 5.46. The molecule has 1 saturated heterocycles. The van der Waals surface area contributed by atoms with Gasteiger partial charge in [-0.15, -0.1) is 0 Å². The number of ether oxygens (including phenoxy) is 1. The smallest absolute Gasteiger partial charge is 0.0512 e. The molecule has 1 heterocycles. The van der Waals surface area contributed by atoms with Crippen molar-refractivity contribution in [2.75, 3.05) is 13.2 Å². The Balaban J connectivity index is 2.04. The molecular formula is C14H21NO. The molecule has 16 heavy (non-hydrogen) atoms. The predicted molar refractivity (Wildman–Crippen MR) is 66.3 cm³/mol. The first-order chi connectivity index (χ1) is 7.81. The van der Waals surface area contributed by atoms with Gasteiger partial charge in [0.25, 0.3) is 0 Å². The van der Waals surface area contributed by atoms with E-state index in [0.29, 0.717) is 5.92 Å². The van der Waals surface area contributed by atoms with E-state index in [9.17, 15) is 0 Å². The second-order valence-electron chi connectivity index (χ2n) is 4.60. The first kappa shape index (κ1) is 11.6. The van der Waals surface area contributed by atoms with Crippen LogP contribution in [0.15, 0.2) is 24.3 Å². The van der Waals surface area contributed by atoms with Crippen molar-refractivity contribution >= 4 is 0 Å². The highest BCUT2D eigenvalue weighted by Crippen LogP contribution is 2.26. The summed E-state index contributed by atoms with van der Waals surface area (Å²) in [6.45, 7) is 3.89. The molecule has 2 atom stereocenters. The van der Waals surface area contributed by atoms with Crippen LogP contribution in [-0.2, 0) is 11.2 Å². The van der Waals surface area contributed by atoms with Crippen LogP contribution in [0.2, 0.25) is 0 Å². The van der Waals surface area contributed by atoms with Crippen molar-refractivity contribution in [3.05, 3.63) is 35.4 Å². The Morgan fingerprint density at radius 2 is 2.12 bits per heavy atom. The summed E-state index contributed by atoms with van der Waals surface area (Å²) >= 11 is 0. The van der Waals surface area contributed by atoms with Gasteiger partial charge in [-0.1, -0.05) is 31.2 Å². The van der Waals surface area contributed by atoms with Crippen molar-refractivity contribution in [3.8, 4) is 0 Å². The maximum absolute atomic E-state index is 6.28. The number of rotatable bonds is 3. The Labute approximate surface area is 97.8 Å². The maximum atomic E-state index is 6.28. The third-order valence-electron chi connectivity index (χ3n) is 3.48. The van der Waals surface area contributed by atoms with Gasteiger partial charge in [-0.3, -0.25) is 0 Å². The molecule has 0 spiro atoms. The van der Waals surface area contributed by atoms with Gasteiger partial charge in [-0.2, -0.15) is 0 Å².